The fourth-order valence-corrected chi connectivity index (χ4v) is 4.30. The number of nitrogens with zero attached hydrogens (tertiary/aromatic N) is 2. The Morgan fingerprint density at radius 3 is 2.33 bits per heavy atom. The molecule has 0 radical (unpaired) electrons. The van der Waals surface area contributed by atoms with Crippen molar-refractivity contribution in [2.45, 2.75) is 17.0 Å². The van der Waals surface area contributed by atoms with E-state index in [9.17, 15) is 8.42 Å². The van der Waals surface area contributed by atoms with E-state index in [1.54, 1.807) is 6.92 Å². The van der Waals surface area contributed by atoms with Gasteiger partial charge in [-0.15, -0.1) is 0 Å². The Morgan fingerprint density at radius 2 is 1.76 bits per heavy atom. The molecule has 112 valence electrons. The molecule has 1 aromatic heterocycles. The predicted molar refractivity (Wildman–Crippen MR) is 80.1 cm³/mol. The molecule has 0 saturated heterocycles. The lowest BCUT2D eigenvalue weighted by atomic mass is 10.3. The van der Waals surface area contributed by atoms with Crippen LogP contribution in [-0.2, 0) is 9.84 Å². The highest BCUT2D eigenvalue weighted by atomic mass is 35.5. The largest absolute Gasteiger partial charge is 0.491 e. The molecule has 0 amide bonds. The van der Waals surface area contributed by atoms with Crippen molar-refractivity contribution in [1.82, 2.24) is 9.97 Å². The standard InChI is InChI=1S/C12H9Cl3N2O3S/c1-2-20-10-7(13)6-8(14)11(9(10)15)21(18,19)12-16-4-3-5-17-12/h3-6H,2H2,1H3. The number of rotatable bonds is 4. The van der Waals surface area contributed by atoms with Crippen LogP contribution >= 0.6 is 34.8 Å². The highest BCUT2D eigenvalue weighted by molar-refractivity contribution is 7.91. The van der Waals surface area contributed by atoms with E-state index in [-0.39, 0.29) is 32.3 Å². The van der Waals surface area contributed by atoms with E-state index < -0.39 is 15.0 Å². The molecule has 1 heterocycles. The van der Waals surface area contributed by atoms with E-state index in [1.165, 1.54) is 24.5 Å². The Morgan fingerprint density at radius 1 is 1.14 bits per heavy atom. The van der Waals surface area contributed by atoms with Crippen LogP contribution in [0, 0.1) is 0 Å². The summed E-state index contributed by atoms with van der Waals surface area (Å²) in [6.07, 6.45) is 2.61. The summed E-state index contributed by atoms with van der Waals surface area (Å²) in [7, 11) is -4.08. The molecule has 0 aliphatic heterocycles. The second-order valence-electron chi connectivity index (χ2n) is 3.78. The lowest BCUT2D eigenvalue weighted by molar-refractivity contribution is 0.339. The summed E-state index contributed by atoms with van der Waals surface area (Å²) < 4.78 is 30.4. The average molecular weight is 368 g/mol. The molecule has 1 aromatic carbocycles. The van der Waals surface area contributed by atoms with Gasteiger partial charge >= 0.3 is 0 Å². The molecule has 0 unspecified atom stereocenters. The SMILES string of the molecule is CCOc1c(Cl)cc(Cl)c(S(=O)(=O)c2ncccn2)c1Cl. The van der Waals surface area contributed by atoms with Gasteiger partial charge in [0.05, 0.1) is 16.7 Å². The molecule has 21 heavy (non-hydrogen) atoms. The molecule has 9 heteroatoms. The van der Waals surface area contributed by atoms with Gasteiger partial charge in [-0.1, -0.05) is 34.8 Å². The minimum atomic E-state index is -4.08. The molecule has 2 rings (SSSR count). The fourth-order valence-electron chi connectivity index (χ4n) is 1.59. The van der Waals surface area contributed by atoms with Crippen LogP contribution in [0.1, 0.15) is 6.92 Å². The van der Waals surface area contributed by atoms with E-state index in [0.29, 0.717) is 0 Å². The molecule has 0 spiro atoms. The van der Waals surface area contributed by atoms with Gasteiger partial charge in [-0.05, 0) is 19.1 Å². The zero-order chi connectivity index (χ0) is 15.6. The Balaban J connectivity index is 2.72. The van der Waals surface area contributed by atoms with Crippen LogP contribution in [0.25, 0.3) is 0 Å². The first kappa shape index (κ1) is 16.3. The maximum atomic E-state index is 12.6. The summed E-state index contributed by atoms with van der Waals surface area (Å²) in [5.74, 6) is 0.0553. The highest BCUT2D eigenvalue weighted by Crippen LogP contribution is 2.43. The van der Waals surface area contributed by atoms with Gasteiger partial charge < -0.3 is 4.74 Å². The zero-order valence-corrected chi connectivity index (χ0v) is 13.8. The zero-order valence-electron chi connectivity index (χ0n) is 10.7. The fraction of sp³-hybridized carbons (Fsp3) is 0.167. The van der Waals surface area contributed by atoms with Crippen molar-refractivity contribution < 1.29 is 13.2 Å². The van der Waals surface area contributed by atoms with Gasteiger partial charge in [-0.3, -0.25) is 0 Å². The summed E-state index contributed by atoms with van der Waals surface area (Å²) in [6.45, 7) is 1.98. The molecule has 0 fully saturated rings. The summed E-state index contributed by atoms with van der Waals surface area (Å²) in [6, 6.07) is 2.76. The van der Waals surface area contributed by atoms with Crippen molar-refractivity contribution in [3.8, 4) is 5.75 Å². The van der Waals surface area contributed by atoms with E-state index in [0.717, 1.165) is 0 Å². The van der Waals surface area contributed by atoms with E-state index in [2.05, 4.69) is 9.97 Å². The Hall–Kier alpha value is -1.08. The van der Waals surface area contributed by atoms with Gasteiger partial charge in [-0.25, -0.2) is 18.4 Å². The molecule has 5 nitrogen and oxygen atoms in total. The Labute approximate surface area is 136 Å². The lowest BCUT2D eigenvalue weighted by Gasteiger charge is -2.13. The van der Waals surface area contributed by atoms with Gasteiger partial charge in [0.2, 0.25) is 9.84 Å². The van der Waals surface area contributed by atoms with Gasteiger partial charge in [0.25, 0.3) is 5.16 Å². The van der Waals surface area contributed by atoms with E-state index in [4.69, 9.17) is 39.5 Å². The van der Waals surface area contributed by atoms with Crippen LogP contribution in [-0.4, -0.2) is 25.0 Å². The first-order valence-electron chi connectivity index (χ1n) is 5.72. The smallest absolute Gasteiger partial charge is 0.252 e. The minimum Gasteiger partial charge on any atom is -0.491 e. The first-order valence-corrected chi connectivity index (χ1v) is 8.33. The van der Waals surface area contributed by atoms with Crippen molar-refractivity contribution in [2.75, 3.05) is 6.61 Å². The number of halogens is 3. The highest BCUT2D eigenvalue weighted by Gasteiger charge is 2.30. The van der Waals surface area contributed by atoms with Gasteiger partial charge in [0.1, 0.15) is 9.92 Å². The molecule has 0 N–H and O–H groups in total. The number of aromatic nitrogens is 2. The van der Waals surface area contributed by atoms with Crippen LogP contribution in [0.3, 0.4) is 0 Å². The lowest BCUT2D eigenvalue weighted by Crippen LogP contribution is -2.09. The quantitative estimate of drug-likeness (QED) is 0.771. The Kier molecular flexibility index (Phi) is 4.93. The maximum absolute atomic E-state index is 12.6. The van der Waals surface area contributed by atoms with Crippen LogP contribution in [0.4, 0.5) is 0 Å². The molecule has 0 aliphatic rings. The van der Waals surface area contributed by atoms with Gasteiger partial charge in [0.15, 0.2) is 5.75 Å². The third kappa shape index (κ3) is 3.08. The topological polar surface area (TPSA) is 69.2 Å². The number of sulfone groups is 1. The number of ether oxygens (including phenoxy) is 1. The molecule has 0 saturated carbocycles. The number of benzene rings is 1. The van der Waals surface area contributed by atoms with Crippen LogP contribution in [0.2, 0.25) is 15.1 Å². The van der Waals surface area contributed by atoms with Crippen molar-refractivity contribution in [2.24, 2.45) is 0 Å². The van der Waals surface area contributed by atoms with Crippen molar-refractivity contribution in [3.05, 3.63) is 39.6 Å². The van der Waals surface area contributed by atoms with Crippen LogP contribution in [0.5, 0.6) is 5.75 Å². The van der Waals surface area contributed by atoms with E-state index >= 15 is 0 Å². The van der Waals surface area contributed by atoms with Crippen LogP contribution in [0.15, 0.2) is 34.6 Å². The average Bonchev–Trinajstić information content (AvgIpc) is 2.44. The third-order valence-corrected chi connectivity index (χ3v) is 5.24. The second kappa shape index (κ2) is 6.36. The number of hydrogen-bond acceptors (Lipinski definition) is 5. The monoisotopic (exact) mass is 366 g/mol. The van der Waals surface area contributed by atoms with E-state index in [1.807, 2.05) is 0 Å². The molecular weight excluding hydrogens is 359 g/mol. The normalized spacial score (nSPS) is 11.4. The maximum Gasteiger partial charge on any atom is 0.252 e. The molecule has 2 aromatic rings. The minimum absolute atomic E-state index is 0.0553. The molecule has 0 bridgehead atoms. The van der Waals surface area contributed by atoms with Gasteiger partial charge in [0, 0.05) is 12.4 Å². The summed E-state index contributed by atoms with van der Waals surface area (Å²) in [4.78, 5) is 7.11. The van der Waals surface area contributed by atoms with Crippen molar-refractivity contribution in [3.63, 3.8) is 0 Å². The molecule has 0 aliphatic carbocycles. The summed E-state index contributed by atoms with van der Waals surface area (Å²) in [5, 5.41) is -0.596. The van der Waals surface area contributed by atoms with Gasteiger partial charge in [-0.2, -0.15) is 0 Å². The number of hydrogen-bond donors (Lipinski definition) is 0. The molecular formula is C12H9Cl3N2O3S. The summed E-state index contributed by atoms with van der Waals surface area (Å²) >= 11 is 18.0. The Bertz CT molecular complexity index is 767. The van der Waals surface area contributed by atoms with Crippen molar-refractivity contribution in [1.29, 1.82) is 0 Å². The third-order valence-electron chi connectivity index (χ3n) is 2.43. The second-order valence-corrected chi connectivity index (χ2v) is 6.75. The van der Waals surface area contributed by atoms with Crippen molar-refractivity contribution >= 4 is 44.6 Å². The molecule has 0 atom stereocenters. The summed E-state index contributed by atoms with van der Waals surface area (Å²) in [5.41, 5.74) is 0. The first-order chi connectivity index (χ1) is 9.89. The van der Waals surface area contributed by atoms with Crippen LogP contribution < -0.4 is 4.74 Å². The predicted octanol–water partition coefficient (Wildman–Crippen LogP) is 3.67.